The van der Waals surface area contributed by atoms with Crippen LogP contribution in [0.1, 0.15) is 128 Å². The van der Waals surface area contributed by atoms with Gasteiger partial charge in [0.1, 0.15) is 42.3 Å². The third kappa shape index (κ3) is 31.7. The normalized spacial score (nSPS) is 14.0. The Labute approximate surface area is 451 Å². The molecular formula is C50H89N13O14. The Morgan fingerprint density at radius 1 is 0.325 bits per heavy atom. The molecule has 438 valence electrons. The zero-order chi connectivity index (χ0) is 59.3. The Morgan fingerprint density at radius 2 is 0.571 bits per heavy atom. The summed E-state index contributed by atoms with van der Waals surface area (Å²) in [5.41, 5.74) is 10.8. The lowest BCUT2D eigenvalue weighted by molar-refractivity contribution is -0.141. The van der Waals surface area contributed by atoms with Crippen LogP contribution in [0.5, 0.6) is 0 Å². The maximum atomic E-state index is 13.8. The molecule has 0 bridgehead atoms. The van der Waals surface area contributed by atoms with Gasteiger partial charge in [-0.15, -0.1) is 0 Å². The van der Waals surface area contributed by atoms with E-state index in [2.05, 4.69) is 58.5 Å². The van der Waals surface area contributed by atoms with Crippen LogP contribution < -0.4 is 70.0 Å². The predicted molar refractivity (Wildman–Crippen MR) is 283 cm³/mol. The van der Waals surface area contributed by atoms with Crippen molar-refractivity contribution in [2.45, 2.75) is 170 Å². The highest BCUT2D eigenvalue weighted by molar-refractivity contribution is 5.98. The van der Waals surface area contributed by atoms with Crippen LogP contribution in [0.3, 0.4) is 0 Å². The zero-order valence-corrected chi connectivity index (χ0v) is 46.9. The molecule has 0 spiro atoms. The fraction of sp³-hybridized carbons (Fsp3) is 0.740. The van der Waals surface area contributed by atoms with E-state index in [1.54, 1.807) is 55.4 Å². The van der Waals surface area contributed by atoms with Gasteiger partial charge in [-0.3, -0.25) is 62.3 Å². The van der Waals surface area contributed by atoms with Crippen molar-refractivity contribution in [2.24, 2.45) is 47.0 Å². The number of carbonyl (C=O) groups is 13. The molecule has 0 aromatic carbocycles. The van der Waals surface area contributed by atoms with Crippen LogP contribution >= 0.6 is 0 Å². The van der Waals surface area contributed by atoms with E-state index in [1.165, 1.54) is 0 Å². The quantitative estimate of drug-likeness (QED) is 0.0296. The fourth-order valence-electron chi connectivity index (χ4n) is 7.54. The van der Waals surface area contributed by atoms with Crippen molar-refractivity contribution in [3.8, 4) is 0 Å². The molecule has 0 saturated heterocycles. The van der Waals surface area contributed by atoms with Crippen LogP contribution in [-0.4, -0.2) is 157 Å². The molecule has 16 N–H and O–H groups in total. The number of hydrogen-bond donors (Lipinski definition) is 14. The molecule has 0 heterocycles. The number of carboxylic acid groups (broad SMARTS) is 1. The van der Waals surface area contributed by atoms with Crippen molar-refractivity contribution >= 4 is 76.9 Å². The van der Waals surface area contributed by atoms with E-state index in [0.29, 0.717) is 6.42 Å². The molecule has 0 aromatic rings. The molecule has 77 heavy (non-hydrogen) atoms. The standard InChI is InChI=1S/C50H89N13O14/c1-25(2)13-31(44(52)71)57-40(66)22-53-39(65)21-54-45(72)32(14-26(3)4)59-41(67)23-55-46(73)33(15-27(5)6)61-49(76)35(17-29(9)10)60-42(68)24-56-47(74)37(19-43(69)70)63-50(77)36(18-30(11)12)62-48(75)34(16-28(7)8)58-38(64)20-51/h25-37H,13-24,51H2,1-12H3,(H2,52,71)(H,53,65)(H,54,72)(H,55,73)(H,56,74)(H,57,66)(H,58,64)(H,59,67)(H,60,68)(H,61,76)(H,62,75)(H,63,77)(H,69,70)/t31-,32-,33-,34-,35-,36-,37-/m0/s1. The second-order valence-electron chi connectivity index (χ2n) is 21.6. The Balaban J connectivity index is 5.85. The van der Waals surface area contributed by atoms with Gasteiger partial charge in [0, 0.05) is 0 Å². The van der Waals surface area contributed by atoms with Crippen LogP contribution in [0.4, 0.5) is 0 Å². The van der Waals surface area contributed by atoms with E-state index in [4.69, 9.17) is 11.5 Å². The van der Waals surface area contributed by atoms with Gasteiger partial charge in [-0.2, -0.15) is 0 Å². The van der Waals surface area contributed by atoms with Gasteiger partial charge in [-0.25, -0.2) is 0 Å². The number of primary amides is 1. The summed E-state index contributed by atoms with van der Waals surface area (Å²) in [5, 5.41) is 36.7. The van der Waals surface area contributed by atoms with E-state index in [9.17, 15) is 67.4 Å². The Hall–Kier alpha value is -6.93. The summed E-state index contributed by atoms with van der Waals surface area (Å²) < 4.78 is 0. The van der Waals surface area contributed by atoms with Crippen LogP contribution in [-0.2, 0) is 62.3 Å². The average molecular weight is 1100 g/mol. The number of amides is 12. The molecule has 27 nitrogen and oxygen atoms in total. The minimum Gasteiger partial charge on any atom is -0.481 e. The molecular weight excluding hydrogens is 1010 g/mol. The summed E-state index contributed by atoms with van der Waals surface area (Å²) in [5.74, 6) is -11.5. The van der Waals surface area contributed by atoms with E-state index in [0.717, 1.165) is 0 Å². The molecule has 0 aliphatic heterocycles. The van der Waals surface area contributed by atoms with Crippen LogP contribution in [0.15, 0.2) is 0 Å². The number of nitrogens with one attached hydrogen (secondary N) is 11. The number of carbonyl (C=O) groups excluding carboxylic acids is 12. The molecule has 0 rings (SSSR count). The number of rotatable bonds is 37. The van der Waals surface area contributed by atoms with Gasteiger partial charge in [0.05, 0.1) is 39.1 Å². The number of carboxylic acids is 1. The lowest BCUT2D eigenvalue weighted by Crippen LogP contribution is -2.58. The van der Waals surface area contributed by atoms with Gasteiger partial charge < -0.3 is 75.1 Å². The largest absolute Gasteiger partial charge is 0.481 e. The molecule has 0 unspecified atom stereocenters. The van der Waals surface area contributed by atoms with Crippen LogP contribution in [0.25, 0.3) is 0 Å². The molecule has 0 radical (unpaired) electrons. The Bertz CT molecular complexity index is 2030. The highest BCUT2D eigenvalue weighted by atomic mass is 16.4. The van der Waals surface area contributed by atoms with E-state index in [1.807, 2.05) is 27.7 Å². The number of aliphatic carboxylic acids is 1. The summed E-state index contributed by atoms with van der Waals surface area (Å²) in [4.78, 5) is 167. The third-order valence-corrected chi connectivity index (χ3v) is 11.1. The topological polar surface area (TPSA) is 427 Å². The number of hydrogen-bond acceptors (Lipinski definition) is 14. The van der Waals surface area contributed by atoms with Gasteiger partial charge in [0.15, 0.2) is 0 Å². The van der Waals surface area contributed by atoms with Crippen LogP contribution in [0, 0.1) is 35.5 Å². The highest BCUT2D eigenvalue weighted by Gasteiger charge is 2.33. The van der Waals surface area contributed by atoms with Gasteiger partial charge in [-0.1, -0.05) is 83.1 Å². The molecule has 27 heteroatoms. The van der Waals surface area contributed by atoms with Crippen molar-refractivity contribution in [1.29, 1.82) is 0 Å². The van der Waals surface area contributed by atoms with Crippen molar-refractivity contribution in [2.75, 3.05) is 32.7 Å². The second kappa shape index (κ2) is 36.2. The summed E-state index contributed by atoms with van der Waals surface area (Å²) >= 11 is 0. The first-order chi connectivity index (χ1) is 35.7. The van der Waals surface area contributed by atoms with Gasteiger partial charge in [0.25, 0.3) is 0 Å². The summed E-state index contributed by atoms with van der Waals surface area (Å²) in [6.07, 6.45) is -0.0626. The van der Waals surface area contributed by atoms with Gasteiger partial charge >= 0.3 is 5.97 Å². The molecule has 0 aliphatic rings. The summed E-state index contributed by atoms with van der Waals surface area (Å²) in [7, 11) is 0. The molecule has 12 amide bonds. The lowest BCUT2D eigenvalue weighted by atomic mass is 9.99. The van der Waals surface area contributed by atoms with Crippen molar-refractivity contribution in [3.63, 3.8) is 0 Å². The first-order valence-electron chi connectivity index (χ1n) is 26.1. The first kappa shape index (κ1) is 70.1. The fourth-order valence-corrected chi connectivity index (χ4v) is 7.54. The van der Waals surface area contributed by atoms with E-state index in [-0.39, 0.29) is 74.2 Å². The number of nitrogens with two attached hydrogens (primary N) is 2. The molecule has 0 aromatic heterocycles. The minimum atomic E-state index is -1.72. The maximum Gasteiger partial charge on any atom is 0.305 e. The highest BCUT2D eigenvalue weighted by Crippen LogP contribution is 2.12. The predicted octanol–water partition coefficient (Wildman–Crippen LogP) is -2.96. The molecule has 7 atom stereocenters. The SMILES string of the molecule is CC(C)C[C@H](NC(=O)CNC(=O)CNC(=O)[C@H](CC(C)C)NC(=O)CNC(=O)[C@H](CC(C)C)NC(=O)[C@H](CC(C)C)NC(=O)CNC(=O)[C@H](CC(=O)O)NC(=O)[C@H](CC(C)C)NC(=O)[C@H](CC(C)C)NC(=O)CN)C(N)=O. The average Bonchev–Trinajstić information content (AvgIpc) is 3.30. The van der Waals surface area contributed by atoms with E-state index >= 15 is 0 Å². The molecule has 0 aliphatic carbocycles. The summed E-state index contributed by atoms with van der Waals surface area (Å²) in [6.45, 7) is 18.7. The second-order valence-corrected chi connectivity index (χ2v) is 21.6. The Kier molecular flexibility index (Phi) is 32.9. The zero-order valence-electron chi connectivity index (χ0n) is 46.9. The monoisotopic (exact) mass is 1100 g/mol. The van der Waals surface area contributed by atoms with Gasteiger partial charge in [0.2, 0.25) is 70.9 Å². The van der Waals surface area contributed by atoms with Crippen molar-refractivity contribution in [3.05, 3.63) is 0 Å². The third-order valence-electron chi connectivity index (χ3n) is 11.1. The van der Waals surface area contributed by atoms with Gasteiger partial charge in [-0.05, 0) is 74.0 Å². The van der Waals surface area contributed by atoms with Crippen LogP contribution in [0.2, 0.25) is 0 Å². The molecule has 0 fully saturated rings. The minimum absolute atomic E-state index is 0.0481. The molecule has 0 saturated carbocycles. The lowest BCUT2D eigenvalue weighted by Gasteiger charge is -2.26. The smallest absolute Gasteiger partial charge is 0.305 e. The first-order valence-corrected chi connectivity index (χ1v) is 26.1. The van der Waals surface area contributed by atoms with Crippen molar-refractivity contribution in [1.82, 2.24) is 58.5 Å². The Morgan fingerprint density at radius 3 is 0.896 bits per heavy atom. The summed E-state index contributed by atoms with van der Waals surface area (Å²) in [6, 6.07) is -8.58. The van der Waals surface area contributed by atoms with E-state index < -0.39 is 152 Å². The van der Waals surface area contributed by atoms with Crippen molar-refractivity contribution < 1.29 is 67.4 Å². The maximum absolute atomic E-state index is 13.8.